The fourth-order valence-electron chi connectivity index (χ4n) is 2.06. The molecular weight excluding hydrogens is 282 g/mol. The number of carbonyl (C=O) groups excluding carboxylic acids is 1. The largest absolute Gasteiger partial charge is 0.463 e. The van der Waals surface area contributed by atoms with Gasteiger partial charge in [-0.25, -0.2) is 4.98 Å². The number of rotatable bonds is 5. The summed E-state index contributed by atoms with van der Waals surface area (Å²) in [7, 11) is 0. The molecule has 3 aromatic heterocycles. The molecule has 1 N–H and O–H groups in total. The van der Waals surface area contributed by atoms with Crippen molar-refractivity contribution in [2.24, 2.45) is 0 Å². The number of hydrogen-bond donors (Lipinski definition) is 1. The lowest BCUT2D eigenvalue weighted by Crippen LogP contribution is -2.31. The minimum absolute atomic E-state index is 0.139. The molecule has 0 spiro atoms. The lowest BCUT2D eigenvalue weighted by Gasteiger charge is -2.13. The van der Waals surface area contributed by atoms with Crippen LogP contribution in [0.2, 0.25) is 0 Å². The highest BCUT2D eigenvalue weighted by Crippen LogP contribution is 2.19. The molecule has 3 aromatic rings. The van der Waals surface area contributed by atoms with E-state index in [-0.39, 0.29) is 12.5 Å². The Bertz CT molecular complexity index is 737. The van der Waals surface area contributed by atoms with Gasteiger partial charge in [0.05, 0.1) is 18.5 Å². The van der Waals surface area contributed by atoms with Crippen LogP contribution in [0.1, 0.15) is 18.7 Å². The van der Waals surface area contributed by atoms with Gasteiger partial charge >= 0.3 is 0 Å². The fourth-order valence-corrected chi connectivity index (χ4v) is 2.06. The molecule has 3 heterocycles. The molecule has 0 aliphatic heterocycles. The zero-order valence-corrected chi connectivity index (χ0v) is 12.0. The smallest absolute Gasteiger partial charge is 0.244 e. The summed E-state index contributed by atoms with van der Waals surface area (Å²) in [5, 5.41) is 6.91. The third kappa shape index (κ3) is 2.88. The number of amides is 1. The standard InChI is InChI=1S/C15H15N5O2/c1-11(20-8-3-5-19-20)15(21)18-10-12-14(17-7-6-16-12)13-4-2-9-22-13/h2-9,11H,10H2,1H3,(H,18,21). The Kier molecular flexibility index (Phi) is 3.95. The second-order valence-corrected chi connectivity index (χ2v) is 4.71. The van der Waals surface area contributed by atoms with Crippen LogP contribution in [0.3, 0.4) is 0 Å². The van der Waals surface area contributed by atoms with Crippen LogP contribution >= 0.6 is 0 Å². The minimum Gasteiger partial charge on any atom is -0.463 e. The quantitative estimate of drug-likeness (QED) is 0.776. The number of furan rings is 1. The SMILES string of the molecule is CC(C(=O)NCc1nccnc1-c1ccco1)n1cccn1. The van der Waals surface area contributed by atoms with E-state index >= 15 is 0 Å². The molecule has 0 bridgehead atoms. The Balaban J connectivity index is 1.71. The molecule has 0 fully saturated rings. The molecule has 1 atom stereocenters. The summed E-state index contributed by atoms with van der Waals surface area (Å²) >= 11 is 0. The van der Waals surface area contributed by atoms with Gasteiger partial charge in [0.1, 0.15) is 11.7 Å². The molecule has 0 radical (unpaired) electrons. The molecule has 0 saturated carbocycles. The lowest BCUT2D eigenvalue weighted by atomic mass is 10.2. The van der Waals surface area contributed by atoms with Gasteiger partial charge in [0.2, 0.25) is 5.91 Å². The summed E-state index contributed by atoms with van der Waals surface area (Å²) in [4.78, 5) is 20.7. The topological polar surface area (TPSA) is 85.8 Å². The van der Waals surface area contributed by atoms with E-state index in [1.54, 1.807) is 54.8 Å². The molecule has 112 valence electrons. The van der Waals surface area contributed by atoms with Gasteiger partial charge in [0.15, 0.2) is 5.76 Å². The predicted molar refractivity (Wildman–Crippen MR) is 78.5 cm³/mol. The highest BCUT2D eigenvalue weighted by molar-refractivity contribution is 5.79. The van der Waals surface area contributed by atoms with Crippen molar-refractivity contribution in [3.8, 4) is 11.5 Å². The zero-order chi connectivity index (χ0) is 15.4. The Morgan fingerprint density at radius 1 is 1.32 bits per heavy atom. The third-order valence-electron chi connectivity index (χ3n) is 3.26. The minimum atomic E-state index is -0.390. The van der Waals surface area contributed by atoms with Crippen LogP contribution in [-0.4, -0.2) is 25.7 Å². The van der Waals surface area contributed by atoms with E-state index in [0.717, 1.165) is 0 Å². The molecule has 7 nitrogen and oxygen atoms in total. The Morgan fingerprint density at radius 3 is 2.91 bits per heavy atom. The fraction of sp³-hybridized carbons (Fsp3) is 0.200. The van der Waals surface area contributed by atoms with Gasteiger partial charge in [0.25, 0.3) is 0 Å². The summed E-state index contributed by atoms with van der Waals surface area (Å²) in [6, 6.07) is 4.98. The molecule has 22 heavy (non-hydrogen) atoms. The zero-order valence-electron chi connectivity index (χ0n) is 12.0. The number of nitrogens with zero attached hydrogens (tertiary/aromatic N) is 4. The van der Waals surface area contributed by atoms with Crippen molar-refractivity contribution in [3.05, 3.63) is 54.9 Å². The van der Waals surface area contributed by atoms with E-state index in [1.165, 1.54) is 0 Å². The molecule has 0 saturated heterocycles. The maximum absolute atomic E-state index is 12.2. The molecule has 7 heteroatoms. The first-order valence-corrected chi connectivity index (χ1v) is 6.86. The molecule has 0 aliphatic rings. The van der Waals surface area contributed by atoms with E-state index in [9.17, 15) is 4.79 Å². The Labute approximate surface area is 127 Å². The van der Waals surface area contributed by atoms with Crippen LogP contribution in [0.5, 0.6) is 0 Å². The Morgan fingerprint density at radius 2 is 2.18 bits per heavy atom. The summed E-state index contributed by atoms with van der Waals surface area (Å²) in [5.74, 6) is 0.484. The first kappa shape index (κ1) is 14.0. The van der Waals surface area contributed by atoms with Gasteiger partial charge < -0.3 is 9.73 Å². The van der Waals surface area contributed by atoms with E-state index in [0.29, 0.717) is 17.1 Å². The first-order chi connectivity index (χ1) is 10.8. The maximum atomic E-state index is 12.2. The van der Waals surface area contributed by atoms with Crippen molar-refractivity contribution < 1.29 is 9.21 Å². The van der Waals surface area contributed by atoms with Crippen LogP contribution in [0, 0.1) is 0 Å². The summed E-state index contributed by atoms with van der Waals surface area (Å²) in [6.07, 6.45) is 8.15. The van der Waals surface area contributed by atoms with Crippen LogP contribution in [-0.2, 0) is 11.3 Å². The van der Waals surface area contributed by atoms with E-state index < -0.39 is 6.04 Å². The maximum Gasteiger partial charge on any atom is 0.244 e. The van der Waals surface area contributed by atoms with Crippen molar-refractivity contribution in [2.75, 3.05) is 0 Å². The number of hydrogen-bond acceptors (Lipinski definition) is 5. The average molecular weight is 297 g/mol. The lowest BCUT2D eigenvalue weighted by molar-refractivity contribution is -0.124. The number of aromatic nitrogens is 4. The highest BCUT2D eigenvalue weighted by atomic mass is 16.3. The second kappa shape index (κ2) is 6.21. The van der Waals surface area contributed by atoms with Gasteiger partial charge in [0, 0.05) is 24.8 Å². The molecule has 1 unspecified atom stereocenters. The number of carbonyl (C=O) groups is 1. The van der Waals surface area contributed by atoms with Crippen molar-refractivity contribution >= 4 is 5.91 Å². The van der Waals surface area contributed by atoms with Gasteiger partial charge in [-0.15, -0.1) is 0 Å². The normalized spacial score (nSPS) is 12.0. The van der Waals surface area contributed by atoms with Crippen molar-refractivity contribution in [1.82, 2.24) is 25.1 Å². The van der Waals surface area contributed by atoms with Crippen molar-refractivity contribution in [3.63, 3.8) is 0 Å². The van der Waals surface area contributed by atoms with Gasteiger partial charge in [-0.2, -0.15) is 5.10 Å². The molecule has 1 amide bonds. The molecule has 0 aromatic carbocycles. The van der Waals surface area contributed by atoms with Crippen molar-refractivity contribution in [1.29, 1.82) is 0 Å². The van der Waals surface area contributed by atoms with Gasteiger partial charge in [-0.3, -0.25) is 14.5 Å². The van der Waals surface area contributed by atoms with Gasteiger partial charge in [-0.1, -0.05) is 0 Å². The molecular formula is C15H15N5O2. The highest BCUT2D eigenvalue weighted by Gasteiger charge is 2.16. The number of nitrogens with one attached hydrogen (secondary N) is 1. The van der Waals surface area contributed by atoms with Crippen LogP contribution in [0.15, 0.2) is 53.7 Å². The van der Waals surface area contributed by atoms with E-state index in [4.69, 9.17) is 4.42 Å². The Hall–Kier alpha value is -2.96. The molecule has 3 rings (SSSR count). The van der Waals surface area contributed by atoms with Crippen LogP contribution in [0.25, 0.3) is 11.5 Å². The summed E-state index contributed by atoms with van der Waals surface area (Å²) in [5.41, 5.74) is 1.28. The summed E-state index contributed by atoms with van der Waals surface area (Å²) in [6.45, 7) is 2.06. The third-order valence-corrected chi connectivity index (χ3v) is 3.26. The van der Waals surface area contributed by atoms with Gasteiger partial charge in [-0.05, 0) is 25.1 Å². The first-order valence-electron chi connectivity index (χ1n) is 6.86. The average Bonchev–Trinajstić information content (AvgIpc) is 3.25. The summed E-state index contributed by atoms with van der Waals surface area (Å²) < 4.78 is 6.94. The predicted octanol–water partition coefficient (Wildman–Crippen LogP) is 1.81. The van der Waals surface area contributed by atoms with Crippen LogP contribution < -0.4 is 5.32 Å². The van der Waals surface area contributed by atoms with Crippen molar-refractivity contribution in [2.45, 2.75) is 19.5 Å². The second-order valence-electron chi connectivity index (χ2n) is 4.71. The monoisotopic (exact) mass is 297 g/mol. The van der Waals surface area contributed by atoms with E-state index in [2.05, 4.69) is 20.4 Å². The molecule has 0 aliphatic carbocycles. The van der Waals surface area contributed by atoms with Crippen LogP contribution in [0.4, 0.5) is 0 Å². The van der Waals surface area contributed by atoms with E-state index in [1.807, 2.05) is 6.07 Å².